The molecular weight excluding hydrogens is 294 g/mol. The predicted octanol–water partition coefficient (Wildman–Crippen LogP) is 2.73. The van der Waals surface area contributed by atoms with Crippen molar-refractivity contribution in [2.45, 2.75) is 44.8 Å². The van der Waals surface area contributed by atoms with Crippen molar-refractivity contribution in [2.24, 2.45) is 0 Å². The Morgan fingerprint density at radius 1 is 1.33 bits per heavy atom. The molecule has 18 heavy (non-hydrogen) atoms. The second kappa shape index (κ2) is 4.78. The van der Waals surface area contributed by atoms with Gasteiger partial charge < -0.3 is 9.64 Å². The maximum atomic E-state index is 5.67. The van der Waals surface area contributed by atoms with Crippen LogP contribution in [0.4, 0.5) is 5.82 Å². The Labute approximate surface area is 116 Å². The van der Waals surface area contributed by atoms with E-state index in [4.69, 9.17) is 9.72 Å². The molecule has 0 bridgehead atoms. The molecule has 98 valence electrons. The van der Waals surface area contributed by atoms with Crippen LogP contribution in [0, 0.1) is 0 Å². The van der Waals surface area contributed by atoms with E-state index < -0.39 is 0 Å². The van der Waals surface area contributed by atoms with Crippen LogP contribution in [0.25, 0.3) is 0 Å². The predicted molar refractivity (Wildman–Crippen MR) is 73.9 cm³/mol. The summed E-state index contributed by atoms with van der Waals surface area (Å²) >= 11 is 3.50. The molecule has 1 aliphatic carbocycles. The highest BCUT2D eigenvalue weighted by atomic mass is 79.9. The zero-order valence-corrected chi connectivity index (χ0v) is 12.4. The van der Waals surface area contributed by atoms with Gasteiger partial charge in [-0.25, -0.2) is 9.97 Å². The molecule has 2 unspecified atom stereocenters. The summed E-state index contributed by atoms with van der Waals surface area (Å²) < 4.78 is 6.55. The van der Waals surface area contributed by atoms with Gasteiger partial charge in [0.15, 0.2) is 0 Å². The smallest absolute Gasteiger partial charge is 0.135 e. The molecule has 1 saturated carbocycles. The van der Waals surface area contributed by atoms with Crippen molar-refractivity contribution in [1.82, 2.24) is 9.97 Å². The van der Waals surface area contributed by atoms with Crippen molar-refractivity contribution in [3.05, 3.63) is 16.5 Å². The normalized spacial score (nSPS) is 28.5. The lowest BCUT2D eigenvalue weighted by molar-refractivity contribution is 0.0340. The standard InChI is InChI=1S/C13H18BrN3O/c1-8-7-18-9(2)6-17(8)12-5-11(14)15-13(16-12)10-3-4-10/h5,8-10H,3-4,6-7H2,1-2H3. The molecule has 2 aliphatic rings. The van der Waals surface area contributed by atoms with E-state index in [9.17, 15) is 0 Å². The average molecular weight is 312 g/mol. The minimum Gasteiger partial charge on any atom is -0.375 e. The molecule has 5 heteroatoms. The van der Waals surface area contributed by atoms with Crippen LogP contribution in [-0.2, 0) is 4.74 Å². The Hall–Kier alpha value is -0.680. The molecule has 4 nitrogen and oxygen atoms in total. The van der Waals surface area contributed by atoms with Crippen LogP contribution in [-0.4, -0.2) is 35.3 Å². The maximum absolute atomic E-state index is 5.67. The molecule has 0 radical (unpaired) electrons. The van der Waals surface area contributed by atoms with Crippen molar-refractivity contribution < 1.29 is 4.74 Å². The number of rotatable bonds is 2. The summed E-state index contributed by atoms with van der Waals surface area (Å²) in [5.74, 6) is 2.60. The van der Waals surface area contributed by atoms with Gasteiger partial charge in [0.2, 0.25) is 0 Å². The molecule has 0 spiro atoms. The third kappa shape index (κ3) is 2.52. The minimum atomic E-state index is 0.263. The van der Waals surface area contributed by atoms with Crippen LogP contribution in [0.5, 0.6) is 0 Å². The van der Waals surface area contributed by atoms with Gasteiger partial charge in [-0.15, -0.1) is 0 Å². The highest BCUT2D eigenvalue weighted by Crippen LogP contribution is 2.39. The Morgan fingerprint density at radius 2 is 2.11 bits per heavy atom. The van der Waals surface area contributed by atoms with Gasteiger partial charge in [-0.2, -0.15) is 0 Å². The van der Waals surface area contributed by atoms with Crippen LogP contribution in [0.3, 0.4) is 0 Å². The van der Waals surface area contributed by atoms with E-state index in [0.29, 0.717) is 12.0 Å². The second-order valence-electron chi connectivity index (χ2n) is 5.33. The van der Waals surface area contributed by atoms with E-state index in [-0.39, 0.29) is 6.10 Å². The number of nitrogens with zero attached hydrogens (tertiary/aromatic N) is 3. The van der Waals surface area contributed by atoms with Gasteiger partial charge in [0.05, 0.1) is 18.8 Å². The number of anilines is 1. The zero-order chi connectivity index (χ0) is 12.7. The molecule has 2 heterocycles. The number of aromatic nitrogens is 2. The van der Waals surface area contributed by atoms with E-state index >= 15 is 0 Å². The Balaban J connectivity index is 1.89. The number of hydrogen-bond acceptors (Lipinski definition) is 4. The quantitative estimate of drug-likeness (QED) is 0.787. The first-order valence-electron chi connectivity index (χ1n) is 6.56. The third-order valence-corrected chi connectivity index (χ3v) is 3.95. The van der Waals surface area contributed by atoms with Gasteiger partial charge >= 0.3 is 0 Å². The maximum Gasteiger partial charge on any atom is 0.135 e. The van der Waals surface area contributed by atoms with Crippen molar-refractivity contribution in [2.75, 3.05) is 18.1 Å². The lowest BCUT2D eigenvalue weighted by Crippen LogP contribution is -2.47. The summed E-state index contributed by atoms with van der Waals surface area (Å²) in [5.41, 5.74) is 0. The Morgan fingerprint density at radius 3 is 2.83 bits per heavy atom. The molecule has 2 fully saturated rings. The van der Waals surface area contributed by atoms with E-state index in [0.717, 1.165) is 29.4 Å². The first-order valence-corrected chi connectivity index (χ1v) is 7.35. The van der Waals surface area contributed by atoms with Crippen LogP contribution in [0.2, 0.25) is 0 Å². The number of morpholine rings is 1. The molecule has 0 aromatic carbocycles. The fraction of sp³-hybridized carbons (Fsp3) is 0.692. The van der Waals surface area contributed by atoms with E-state index in [2.05, 4.69) is 39.7 Å². The number of halogens is 1. The van der Waals surface area contributed by atoms with E-state index in [1.165, 1.54) is 12.8 Å². The fourth-order valence-electron chi connectivity index (χ4n) is 2.32. The van der Waals surface area contributed by atoms with Crippen molar-refractivity contribution >= 4 is 21.7 Å². The van der Waals surface area contributed by atoms with E-state index in [1.54, 1.807) is 0 Å². The molecule has 0 amide bonds. The van der Waals surface area contributed by atoms with Crippen molar-refractivity contribution in [3.8, 4) is 0 Å². The van der Waals surface area contributed by atoms with Crippen LogP contribution < -0.4 is 4.90 Å². The molecule has 1 aliphatic heterocycles. The summed E-state index contributed by atoms with van der Waals surface area (Å²) in [6.45, 7) is 5.95. The highest BCUT2D eigenvalue weighted by Gasteiger charge is 2.30. The molecule has 2 atom stereocenters. The van der Waals surface area contributed by atoms with Crippen molar-refractivity contribution in [1.29, 1.82) is 0 Å². The summed E-state index contributed by atoms with van der Waals surface area (Å²) in [6.07, 6.45) is 2.72. The summed E-state index contributed by atoms with van der Waals surface area (Å²) in [4.78, 5) is 11.5. The lowest BCUT2D eigenvalue weighted by Gasteiger charge is -2.37. The van der Waals surface area contributed by atoms with Gasteiger partial charge in [0, 0.05) is 18.5 Å². The van der Waals surface area contributed by atoms with E-state index in [1.807, 2.05) is 6.07 Å². The van der Waals surface area contributed by atoms with Crippen molar-refractivity contribution in [3.63, 3.8) is 0 Å². The van der Waals surface area contributed by atoms with Gasteiger partial charge in [-0.3, -0.25) is 0 Å². The second-order valence-corrected chi connectivity index (χ2v) is 6.14. The molecule has 1 aromatic rings. The third-order valence-electron chi connectivity index (χ3n) is 3.54. The lowest BCUT2D eigenvalue weighted by atomic mass is 10.2. The SMILES string of the molecule is CC1CN(c2cc(Br)nc(C3CC3)n2)C(C)CO1. The molecular formula is C13H18BrN3O. The first-order chi connectivity index (χ1) is 8.63. The summed E-state index contributed by atoms with van der Waals surface area (Å²) in [6, 6.07) is 2.38. The fourth-order valence-corrected chi connectivity index (χ4v) is 2.70. The van der Waals surface area contributed by atoms with Crippen LogP contribution >= 0.6 is 15.9 Å². The Kier molecular flexibility index (Phi) is 3.28. The largest absolute Gasteiger partial charge is 0.375 e. The van der Waals surface area contributed by atoms with Gasteiger partial charge in [0.25, 0.3) is 0 Å². The highest BCUT2D eigenvalue weighted by molar-refractivity contribution is 9.10. The molecule has 3 rings (SSSR count). The van der Waals surface area contributed by atoms with Gasteiger partial charge in [-0.05, 0) is 42.6 Å². The number of ether oxygens (including phenoxy) is 1. The summed E-state index contributed by atoms with van der Waals surface area (Å²) in [5, 5.41) is 0. The first kappa shape index (κ1) is 12.4. The number of hydrogen-bond donors (Lipinski definition) is 0. The summed E-state index contributed by atoms with van der Waals surface area (Å²) in [7, 11) is 0. The molecule has 0 N–H and O–H groups in total. The van der Waals surface area contributed by atoms with Gasteiger partial charge in [-0.1, -0.05) is 0 Å². The Bertz CT molecular complexity index is 450. The monoisotopic (exact) mass is 311 g/mol. The average Bonchev–Trinajstić information content (AvgIpc) is 3.15. The molecule has 1 saturated heterocycles. The van der Waals surface area contributed by atoms with Crippen LogP contribution in [0.1, 0.15) is 38.4 Å². The molecule has 1 aromatic heterocycles. The van der Waals surface area contributed by atoms with Gasteiger partial charge in [0.1, 0.15) is 16.2 Å². The minimum absolute atomic E-state index is 0.263. The topological polar surface area (TPSA) is 38.2 Å². The zero-order valence-electron chi connectivity index (χ0n) is 10.8. The van der Waals surface area contributed by atoms with Crippen LogP contribution in [0.15, 0.2) is 10.7 Å².